The molecular formula is C14H10O. The van der Waals surface area contributed by atoms with E-state index in [1.54, 1.807) is 0 Å². The van der Waals surface area contributed by atoms with E-state index in [4.69, 9.17) is 4.74 Å². The number of hydrogen-bond donors (Lipinski definition) is 0. The van der Waals surface area contributed by atoms with Crippen LogP contribution in [0.1, 0.15) is 5.56 Å². The molecule has 72 valence electrons. The molecule has 0 spiro atoms. The summed E-state index contributed by atoms with van der Waals surface area (Å²) in [6.07, 6.45) is 1.86. The normalized spacial score (nSPS) is 11.5. The van der Waals surface area contributed by atoms with E-state index in [9.17, 15) is 0 Å². The lowest BCUT2D eigenvalue weighted by atomic mass is 10.00. The Morgan fingerprint density at radius 1 is 1.00 bits per heavy atom. The Labute approximate surface area is 88.6 Å². The van der Waals surface area contributed by atoms with Gasteiger partial charge in [-0.15, -0.1) is 0 Å². The molecule has 1 nitrogen and oxygen atoms in total. The van der Waals surface area contributed by atoms with Crippen LogP contribution in [0.2, 0.25) is 0 Å². The highest BCUT2D eigenvalue weighted by Crippen LogP contribution is 2.51. The van der Waals surface area contributed by atoms with Gasteiger partial charge in [-0.3, -0.25) is 0 Å². The number of rotatable bonds is 2. The van der Waals surface area contributed by atoms with E-state index >= 15 is 0 Å². The fourth-order valence-electron chi connectivity index (χ4n) is 1.83. The van der Waals surface area contributed by atoms with Crippen molar-refractivity contribution in [3.05, 3.63) is 54.6 Å². The van der Waals surface area contributed by atoms with E-state index in [-0.39, 0.29) is 0 Å². The standard InChI is InChI=1S/C14H10O/c1-2-11-12(8-9-13-14(11)15-13)10-6-4-3-5-7-10/h2-9H,1H2. The van der Waals surface area contributed by atoms with Crippen molar-refractivity contribution in [1.29, 1.82) is 0 Å². The highest BCUT2D eigenvalue weighted by molar-refractivity contribution is 5.84. The van der Waals surface area contributed by atoms with Gasteiger partial charge in [-0.25, -0.2) is 0 Å². The second-order valence-corrected chi connectivity index (χ2v) is 3.53. The Morgan fingerprint density at radius 2 is 1.80 bits per heavy atom. The van der Waals surface area contributed by atoms with Gasteiger partial charge in [0.05, 0.1) is 0 Å². The molecule has 0 aromatic heterocycles. The van der Waals surface area contributed by atoms with Crippen LogP contribution in [0.15, 0.2) is 49.0 Å². The molecule has 3 rings (SSSR count). The maximum absolute atomic E-state index is 5.35. The van der Waals surface area contributed by atoms with Crippen LogP contribution in [-0.2, 0) is 0 Å². The molecule has 0 N–H and O–H groups in total. The SMILES string of the molecule is C=Cc1c(-c2ccccc2)ccc2c1O2. The molecule has 0 atom stereocenters. The molecule has 0 unspecified atom stereocenters. The Bertz CT molecular complexity index is 527. The lowest BCUT2D eigenvalue weighted by Gasteiger charge is -2.02. The number of hydrogen-bond acceptors (Lipinski definition) is 1. The maximum Gasteiger partial charge on any atom is 0.177 e. The molecule has 0 saturated carbocycles. The van der Waals surface area contributed by atoms with Gasteiger partial charge in [0.1, 0.15) is 0 Å². The first-order valence-electron chi connectivity index (χ1n) is 4.93. The quantitative estimate of drug-likeness (QED) is 0.559. The molecule has 2 aromatic rings. The van der Waals surface area contributed by atoms with Gasteiger partial charge in [0.15, 0.2) is 11.5 Å². The topological polar surface area (TPSA) is 12.5 Å². The first-order valence-corrected chi connectivity index (χ1v) is 4.93. The fraction of sp³-hybridized carbons (Fsp3) is 0. The van der Waals surface area contributed by atoms with E-state index < -0.39 is 0 Å². The van der Waals surface area contributed by atoms with Crippen LogP contribution in [0.25, 0.3) is 17.2 Å². The third-order valence-corrected chi connectivity index (χ3v) is 2.62. The van der Waals surface area contributed by atoms with E-state index in [1.807, 2.05) is 30.3 Å². The van der Waals surface area contributed by atoms with E-state index in [2.05, 4.69) is 24.8 Å². The van der Waals surface area contributed by atoms with Crippen molar-refractivity contribution in [3.63, 3.8) is 0 Å². The summed E-state index contributed by atoms with van der Waals surface area (Å²) in [4.78, 5) is 0. The summed E-state index contributed by atoms with van der Waals surface area (Å²) in [5.74, 6) is 1.95. The molecule has 0 aliphatic carbocycles. The minimum Gasteiger partial charge on any atom is -0.449 e. The molecule has 1 aliphatic rings. The van der Waals surface area contributed by atoms with Gasteiger partial charge in [0, 0.05) is 5.56 Å². The largest absolute Gasteiger partial charge is 0.449 e. The Hall–Kier alpha value is -2.02. The summed E-state index contributed by atoms with van der Waals surface area (Å²) in [5, 5.41) is 0. The molecule has 0 saturated heterocycles. The molecular weight excluding hydrogens is 184 g/mol. The van der Waals surface area contributed by atoms with Gasteiger partial charge >= 0.3 is 0 Å². The van der Waals surface area contributed by atoms with Crippen molar-refractivity contribution >= 4 is 6.08 Å². The minimum absolute atomic E-state index is 0.976. The molecule has 0 fully saturated rings. The maximum atomic E-state index is 5.35. The van der Waals surface area contributed by atoms with Crippen molar-refractivity contribution in [2.45, 2.75) is 0 Å². The Balaban J connectivity index is 2.22. The molecule has 0 radical (unpaired) electrons. The van der Waals surface area contributed by atoms with Crippen LogP contribution in [-0.4, -0.2) is 0 Å². The summed E-state index contributed by atoms with van der Waals surface area (Å²) in [7, 11) is 0. The van der Waals surface area contributed by atoms with Gasteiger partial charge in [0.25, 0.3) is 0 Å². The van der Waals surface area contributed by atoms with Gasteiger partial charge in [-0.1, -0.05) is 43.0 Å². The summed E-state index contributed by atoms with van der Waals surface area (Å²) >= 11 is 0. The highest BCUT2D eigenvalue weighted by atomic mass is 16.6. The molecule has 1 aliphatic heterocycles. The highest BCUT2D eigenvalue weighted by Gasteiger charge is 2.25. The van der Waals surface area contributed by atoms with Crippen molar-refractivity contribution in [2.24, 2.45) is 0 Å². The van der Waals surface area contributed by atoms with Crippen LogP contribution in [0, 0.1) is 0 Å². The smallest absolute Gasteiger partial charge is 0.177 e. The zero-order chi connectivity index (χ0) is 10.3. The van der Waals surface area contributed by atoms with E-state index in [0.29, 0.717) is 0 Å². The van der Waals surface area contributed by atoms with Crippen LogP contribution in [0.5, 0.6) is 11.5 Å². The lowest BCUT2D eigenvalue weighted by Crippen LogP contribution is -1.78. The summed E-state index contributed by atoms with van der Waals surface area (Å²) in [6, 6.07) is 14.4. The van der Waals surface area contributed by atoms with Crippen molar-refractivity contribution in [1.82, 2.24) is 0 Å². The molecule has 15 heavy (non-hydrogen) atoms. The molecule has 2 aromatic carbocycles. The number of benzene rings is 2. The van der Waals surface area contributed by atoms with Crippen LogP contribution in [0.4, 0.5) is 0 Å². The third-order valence-electron chi connectivity index (χ3n) is 2.62. The second-order valence-electron chi connectivity index (χ2n) is 3.53. The third kappa shape index (κ3) is 1.24. The average Bonchev–Trinajstić information content (AvgIpc) is 3.07. The summed E-state index contributed by atoms with van der Waals surface area (Å²) < 4.78 is 5.35. The first kappa shape index (κ1) is 8.30. The van der Waals surface area contributed by atoms with Gasteiger partial charge in [-0.2, -0.15) is 0 Å². The van der Waals surface area contributed by atoms with E-state index in [0.717, 1.165) is 17.1 Å². The Morgan fingerprint density at radius 3 is 2.53 bits per heavy atom. The first-order chi connectivity index (χ1) is 7.40. The average molecular weight is 194 g/mol. The summed E-state index contributed by atoms with van der Waals surface area (Å²) in [5.41, 5.74) is 3.48. The second kappa shape index (κ2) is 2.99. The van der Waals surface area contributed by atoms with Crippen LogP contribution in [0.3, 0.4) is 0 Å². The molecule has 1 heteroatoms. The van der Waals surface area contributed by atoms with Crippen molar-refractivity contribution < 1.29 is 4.74 Å². The predicted molar refractivity (Wildman–Crippen MR) is 62.0 cm³/mol. The number of fused-ring (bicyclic) bond motifs is 1. The molecule has 0 bridgehead atoms. The zero-order valence-corrected chi connectivity index (χ0v) is 8.23. The van der Waals surface area contributed by atoms with E-state index in [1.165, 1.54) is 11.1 Å². The zero-order valence-electron chi connectivity index (χ0n) is 8.23. The van der Waals surface area contributed by atoms with Crippen molar-refractivity contribution in [2.75, 3.05) is 0 Å². The molecule has 0 amide bonds. The van der Waals surface area contributed by atoms with Gasteiger partial charge < -0.3 is 4.74 Å². The fourth-order valence-corrected chi connectivity index (χ4v) is 1.83. The predicted octanol–water partition coefficient (Wildman–Crippen LogP) is 4.10. The van der Waals surface area contributed by atoms with Crippen molar-refractivity contribution in [3.8, 4) is 22.6 Å². The monoisotopic (exact) mass is 194 g/mol. The van der Waals surface area contributed by atoms with Gasteiger partial charge in [0.2, 0.25) is 0 Å². The summed E-state index contributed by atoms with van der Waals surface area (Å²) in [6.45, 7) is 3.83. The number of ether oxygens (including phenoxy) is 1. The van der Waals surface area contributed by atoms with Crippen LogP contribution < -0.4 is 4.74 Å². The molecule has 1 heterocycles. The Kier molecular flexibility index (Phi) is 1.65. The van der Waals surface area contributed by atoms with Gasteiger partial charge in [-0.05, 0) is 23.3 Å². The minimum atomic E-state index is 0.976. The van der Waals surface area contributed by atoms with Crippen LogP contribution >= 0.6 is 0 Å². The lowest BCUT2D eigenvalue weighted by molar-refractivity contribution is 0.649.